The number of rotatable bonds is 7. The average Bonchev–Trinajstić information content (AvgIpc) is 3.55. The van der Waals surface area contributed by atoms with E-state index < -0.39 is 0 Å². The average molecular weight is 530 g/mol. The van der Waals surface area contributed by atoms with Crippen LogP contribution >= 0.6 is 0 Å². The molecule has 0 saturated carbocycles. The van der Waals surface area contributed by atoms with Crippen LogP contribution in [-0.4, -0.2) is 43.9 Å². The topological polar surface area (TPSA) is 101 Å². The first-order valence-corrected chi connectivity index (χ1v) is 12.9. The van der Waals surface area contributed by atoms with Gasteiger partial charge in [-0.05, 0) is 84.9 Å². The molecule has 0 spiro atoms. The second-order valence-electron chi connectivity index (χ2n) is 8.52. The van der Waals surface area contributed by atoms with Crippen molar-refractivity contribution in [3.63, 3.8) is 0 Å². The molecule has 1 aromatic heterocycles. The lowest BCUT2D eigenvalue weighted by Gasteiger charge is -2.28. The highest BCUT2D eigenvalue weighted by molar-refractivity contribution is 6.10. The quantitative estimate of drug-likeness (QED) is 0.270. The highest BCUT2D eigenvalue weighted by Gasteiger charge is 2.14. The molecular weight excluding hydrogens is 494 g/mol. The number of ether oxygens (including phenoxy) is 1. The Morgan fingerprint density at radius 1 is 0.692 bits per heavy atom. The van der Waals surface area contributed by atoms with Gasteiger partial charge >= 0.3 is 0 Å². The molecule has 0 atom stereocenters. The number of hydrogen-bond donors (Lipinski definition) is 2. The Morgan fingerprint density at radius 2 is 1.21 bits per heavy atom. The zero-order chi connectivity index (χ0) is 27.6. The Balaban J connectivity index is 0.00000144. The smallest absolute Gasteiger partial charge is 0.291 e. The number of morpholine rings is 1. The summed E-state index contributed by atoms with van der Waals surface area (Å²) in [4.78, 5) is 39.9. The lowest BCUT2D eigenvalue weighted by molar-refractivity contribution is 0.0994. The van der Waals surface area contributed by atoms with E-state index in [0.717, 1.165) is 18.8 Å². The number of furan rings is 1. The molecule has 5 rings (SSSR count). The van der Waals surface area contributed by atoms with Crippen LogP contribution in [0.15, 0.2) is 95.6 Å². The van der Waals surface area contributed by atoms with Crippen molar-refractivity contribution < 1.29 is 26.4 Å². The van der Waals surface area contributed by atoms with Crippen molar-refractivity contribution in [2.24, 2.45) is 0 Å². The van der Waals surface area contributed by atoms with Gasteiger partial charge in [0.15, 0.2) is 11.5 Å². The summed E-state index contributed by atoms with van der Waals surface area (Å²) >= 11 is 0. The Hall–Kier alpha value is -4.69. The summed E-state index contributed by atoms with van der Waals surface area (Å²) in [6.45, 7) is 7.08. The van der Waals surface area contributed by atoms with E-state index in [4.69, 9.17) is 9.15 Å². The third-order valence-electron chi connectivity index (χ3n) is 6.06. The zero-order valence-corrected chi connectivity index (χ0v) is 22.0. The maximum atomic E-state index is 12.9. The summed E-state index contributed by atoms with van der Waals surface area (Å²) in [7, 11) is 0. The molecule has 1 saturated heterocycles. The fraction of sp³-hybridized carbons (Fsp3) is 0.194. The fourth-order valence-electron chi connectivity index (χ4n) is 4.03. The Kier molecular flexibility index (Phi) is 9.26. The number of hydrogen-bond acceptors (Lipinski definition) is 6. The van der Waals surface area contributed by atoms with Gasteiger partial charge in [0, 0.05) is 49.7 Å². The number of nitrogens with zero attached hydrogens (tertiary/aromatic N) is 1. The molecule has 2 N–H and O–H groups in total. The molecule has 0 bridgehead atoms. The number of carbonyl (C=O) groups is 3. The van der Waals surface area contributed by atoms with E-state index in [1.807, 2.05) is 26.0 Å². The number of anilines is 3. The van der Waals surface area contributed by atoms with Crippen LogP contribution in [0.3, 0.4) is 0 Å². The molecule has 1 aliphatic heterocycles. The van der Waals surface area contributed by atoms with E-state index in [1.165, 1.54) is 6.26 Å². The van der Waals surface area contributed by atoms with Crippen LogP contribution in [0.2, 0.25) is 0 Å². The highest BCUT2D eigenvalue weighted by atomic mass is 16.5. The maximum Gasteiger partial charge on any atom is 0.291 e. The molecule has 8 nitrogen and oxygen atoms in total. The number of ketones is 1. The van der Waals surface area contributed by atoms with Gasteiger partial charge in [-0.3, -0.25) is 14.4 Å². The predicted octanol–water partition coefficient (Wildman–Crippen LogP) is 6.37. The molecule has 204 valence electrons. The summed E-state index contributed by atoms with van der Waals surface area (Å²) in [6.07, 6.45) is 1.43. The molecule has 3 aromatic carbocycles. The zero-order valence-electron chi connectivity index (χ0n) is 22.0. The molecule has 8 heteroatoms. The Labute approximate surface area is 230 Å². The number of amides is 2. The SMILES string of the molecule is CC.O=C(Nc1ccc(C(=O)c2ccc(NC(=O)c3ccco3)cc2)cc1)c1ccc(N2CCOCC2)cc1.[HH].[HH]. The minimum Gasteiger partial charge on any atom is -0.459 e. The van der Waals surface area contributed by atoms with Crippen LogP contribution in [0.1, 0.15) is 53.5 Å². The van der Waals surface area contributed by atoms with Crippen molar-refractivity contribution in [1.29, 1.82) is 0 Å². The molecule has 4 aromatic rings. The molecule has 1 aliphatic rings. The summed E-state index contributed by atoms with van der Waals surface area (Å²) in [5.41, 5.74) is 3.73. The minimum absolute atomic E-state index is 0. The molecule has 0 aliphatic carbocycles. The third kappa shape index (κ3) is 7.00. The van der Waals surface area contributed by atoms with Crippen molar-refractivity contribution in [2.75, 3.05) is 41.8 Å². The van der Waals surface area contributed by atoms with Gasteiger partial charge < -0.3 is 24.7 Å². The van der Waals surface area contributed by atoms with Gasteiger partial charge in [0.05, 0.1) is 19.5 Å². The monoisotopic (exact) mass is 529 g/mol. The summed E-state index contributed by atoms with van der Waals surface area (Å²) in [6, 6.07) is 24.1. The maximum absolute atomic E-state index is 12.9. The standard InChI is InChI=1S/C29H25N3O5.C2H6.2H2/c33-27(21-5-11-24(12-6-21)31-29(35)26-2-1-17-37-26)20-3-9-23(10-4-20)30-28(34)22-7-13-25(14-8-22)32-15-18-36-19-16-32;1-2;;/h1-14,17H,15-16,18-19H2,(H,30,34)(H,31,35);1-2H3;2*1H. The van der Waals surface area contributed by atoms with Crippen molar-refractivity contribution in [1.82, 2.24) is 0 Å². The van der Waals surface area contributed by atoms with Gasteiger partial charge in [0.1, 0.15) is 0 Å². The molecular formula is C31H35N3O5. The molecule has 0 radical (unpaired) electrons. The summed E-state index contributed by atoms with van der Waals surface area (Å²) in [5, 5.41) is 5.59. The van der Waals surface area contributed by atoms with Crippen LogP contribution < -0.4 is 15.5 Å². The highest BCUT2D eigenvalue weighted by Crippen LogP contribution is 2.19. The van der Waals surface area contributed by atoms with Crippen LogP contribution in [-0.2, 0) is 4.74 Å². The van der Waals surface area contributed by atoms with Crippen molar-refractivity contribution in [3.8, 4) is 0 Å². The molecule has 2 amide bonds. The van der Waals surface area contributed by atoms with Crippen LogP contribution in [0.5, 0.6) is 0 Å². The molecule has 2 heterocycles. The van der Waals surface area contributed by atoms with Gasteiger partial charge in [-0.1, -0.05) is 13.8 Å². The Bertz CT molecular complexity index is 1390. The molecule has 39 heavy (non-hydrogen) atoms. The summed E-state index contributed by atoms with van der Waals surface area (Å²) < 4.78 is 10.5. The second kappa shape index (κ2) is 13.2. The van der Waals surface area contributed by atoms with E-state index in [0.29, 0.717) is 41.3 Å². The van der Waals surface area contributed by atoms with Gasteiger partial charge in [0.25, 0.3) is 11.8 Å². The minimum atomic E-state index is -0.366. The largest absolute Gasteiger partial charge is 0.459 e. The van der Waals surface area contributed by atoms with Crippen molar-refractivity contribution in [3.05, 3.63) is 114 Å². The Morgan fingerprint density at radius 3 is 1.72 bits per heavy atom. The van der Waals surface area contributed by atoms with E-state index in [9.17, 15) is 14.4 Å². The predicted molar refractivity (Wildman–Crippen MR) is 156 cm³/mol. The number of carbonyl (C=O) groups excluding carboxylic acids is 3. The van der Waals surface area contributed by atoms with Gasteiger partial charge in [-0.2, -0.15) is 0 Å². The first-order valence-electron chi connectivity index (χ1n) is 12.9. The second-order valence-corrected chi connectivity index (χ2v) is 8.52. The van der Waals surface area contributed by atoms with Crippen LogP contribution in [0.4, 0.5) is 17.1 Å². The molecule has 0 unspecified atom stereocenters. The first kappa shape index (κ1) is 27.3. The lowest BCUT2D eigenvalue weighted by Crippen LogP contribution is -2.36. The van der Waals surface area contributed by atoms with Crippen LogP contribution in [0.25, 0.3) is 0 Å². The number of benzene rings is 3. The molecule has 1 fully saturated rings. The van der Waals surface area contributed by atoms with Gasteiger partial charge in [-0.25, -0.2) is 0 Å². The third-order valence-corrected chi connectivity index (χ3v) is 6.06. The fourth-order valence-corrected chi connectivity index (χ4v) is 4.03. The van der Waals surface area contributed by atoms with Gasteiger partial charge in [0.2, 0.25) is 0 Å². The lowest BCUT2D eigenvalue weighted by atomic mass is 10.0. The normalized spacial score (nSPS) is 12.6. The van der Waals surface area contributed by atoms with Gasteiger partial charge in [-0.15, -0.1) is 0 Å². The van der Waals surface area contributed by atoms with Crippen LogP contribution in [0, 0.1) is 0 Å². The van der Waals surface area contributed by atoms with E-state index >= 15 is 0 Å². The van der Waals surface area contributed by atoms with E-state index in [2.05, 4.69) is 15.5 Å². The number of nitrogens with one attached hydrogen (secondary N) is 2. The summed E-state index contributed by atoms with van der Waals surface area (Å²) in [5.74, 6) is -0.549. The van der Waals surface area contributed by atoms with E-state index in [-0.39, 0.29) is 26.2 Å². The first-order chi connectivity index (χ1) is 19.1. The van der Waals surface area contributed by atoms with Crippen molar-refractivity contribution >= 4 is 34.7 Å². The van der Waals surface area contributed by atoms with E-state index in [1.54, 1.807) is 72.8 Å². The van der Waals surface area contributed by atoms with Crippen molar-refractivity contribution in [2.45, 2.75) is 13.8 Å².